The Kier molecular flexibility index (Phi) is 2.65. The number of hydrogen-bond acceptors (Lipinski definition) is 2. The van der Waals surface area contributed by atoms with Crippen LogP contribution in [0.3, 0.4) is 0 Å². The molecule has 13 heavy (non-hydrogen) atoms. The summed E-state index contributed by atoms with van der Waals surface area (Å²) in [7, 11) is 1.29. The predicted octanol–water partition coefficient (Wildman–Crippen LogP) is 1.57. The first-order chi connectivity index (χ1) is 6.07. The second kappa shape index (κ2) is 3.55. The number of methoxy groups -OCH3 is 1. The van der Waals surface area contributed by atoms with Crippen LogP contribution in [0.2, 0.25) is 0 Å². The summed E-state index contributed by atoms with van der Waals surface area (Å²) in [5.41, 5.74) is -0.380. The van der Waals surface area contributed by atoms with Gasteiger partial charge < -0.3 is 9.94 Å². The minimum absolute atomic E-state index is 0.0330. The maximum absolute atomic E-state index is 12.4. The molecular weight excluding hydrogens is 180 g/mol. The highest BCUT2D eigenvalue weighted by Gasteiger charge is 2.22. The van der Waals surface area contributed by atoms with Crippen LogP contribution in [-0.4, -0.2) is 7.11 Å². The Balaban J connectivity index is 3.32. The standard InChI is InChI=1S/C8H9F2NO2/c1-5-7(8(9)10)6(13-2)3-4-11(5)12/h3-4,8H,1-2H3. The number of ether oxygens (including phenoxy) is 1. The topological polar surface area (TPSA) is 36.2 Å². The number of halogens is 2. The molecule has 0 radical (unpaired) electrons. The maximum atomic E-state index is 12.4. The summed E-state index contributed by atoms with van der Waals surface area (Å²) in [5, 5.41) is 10.9. The van der Waals surface area contributed by atoms with Gasteiger partial charge in [0.15, 0.2) is 6.20 Å². The van der Waals surface area contributed by atoms with Gasteiger partial charge in [-0.05, 0) is 0 Å². The monoisotopic (exact) mass is 189 g/mol. The van der Waals surface area contributed by atoms with E-state index in [9.17, 15) is 14.0 Å². The van der Waals surface area contributed by atoms with Crippen molar-refractivity contribution in [1.82, 2.24) is 0 Å². The summed E-state index contributed by atoms with van der Waals surface area (Å²) in [6, 6.07) is 1.22. The molecule has 0 unspecified atom stereocenters. The Hall–Kier alpha value is -1.39. The van der Waals surface area contributed by atoms with Gasteiger partial charge in [-0.1, -0.05) is 0 Å². The molecule has 0 N–H and O–H groups in total. The van der Waals surface area contributed by atoms with E-state index in [2.05, 4.69) is 0 Å². The third-order valence-corrected chi connectivity index (χ3v) is 1.79. The van der Waals surface area contributed by atoms with Crippen molar-refractivity contribution in [2.75, 3.05) is 7.11 Å². The molecule has 0 fully saturated rings. The number of pyridine rings is 1. The van der Waals surface area contributed by atoms with Crippen LogP contribution in [0.1, 0.15) is 17.7 Å². The molecule has 0 saturated heterocycles. The van der Waals surface area contributed by atoms with Gasteiger partial charge in [0.2, 0.25) is 5.69 Å². The summed E-state index contributed by atoms with van der Waals surface area (Å²) in [5.74, 6) is 0.0413. The summed E-state index contributed by atoms with van der Waals surface area (Å²) in [6.45, 7) is 1.33. The third kappa shape index (κ3) is 1.68. The van der Waals surface area contributed by atoms with E-state index < -0.39 is 6.43 Å². The van der Waals surface area contributed by atoms with Gasteiger partial charge >= 0.3 is 0 Å². The van der Waals surface area contributed by atoms with Crippen molar-refractivity contribution in [3.63, 3.8) is 0 Å². The molecule has 72 valence electrons. The quantitative estimate of drug-likeness (QED) is 0.523. The number of alkyl halides is 2. The molecule has 3 nitrogen and oxygen atoms in total. The van der Waals surface area contributed by atoms with E-state index in [-0.39, 0.29) is 17.0 Å². The smallest absolute Gasteiger partial charge is 0.273 e. The molecule has 0 aliphatic heterocycles. The lowest BCUT2D eigenvalue weighted by molar-refractivity contribution is -0.613. The highest BCUT2D eigenvalue weighted by molar-refractivity contribution is 5.33. The Labute approximate surface area is 74.1 Å². The summed E-state index contributed by atoms with van der Waals surface area (Å²) >= 11 is 0. The van der Waals surface area contributed by atoms with Crippen LogP contribution in [0.15, 0.2) is 12.3 Å². The van der Waals surface area contributed by atoms with Crippen molar-refractivity contribution < 1.29 is 18.2 Å². The van der Waals surface area contributed by atoms with E-state index in [1.807, 2.05) is 0 Å². The van der Waals surface area contributed by atoms with Gasteiger partial charge in [-0.2, -0.15) is 4.73 Å². The first-order valence-corrected chi connectivity index (χ1v) is 3.62. The predicted molar refractivity (Wildman–Crippen MR) is 41.6 cm³/mol. The average Bonchev–Trinajstić information content (AvgIpc) is 2.08. The Morgan fingerprint density at radius 2 is 2.15 bits per heavy atom. The molecule has 1 aromatic heterocycles. The van der Waals surface area contributed by atoms with Gasteiger partial charge in [0.1, 0.15) is 11.3 Å². The van der Waals surface area contributed by atoms with Crippen molar-refractivity contribution in [1.29, 1.82) is 0 Å². The van der Waals surface area contributed by atoms with Crippen LogP contribution < -0.4 is 9.47 Å². The molecule has 0 aliphatic carbocycles. The average molecular weight is 189 g/mol. The van der Waals surface area contributed by atoms with E-state index in [1.54, 1.807) is 0 Å². The van der Waals surface area contributed by atoms with E-state index in [4.69, 9.17) is 4.74 Å². The second-order valence-electron chi connectivity index (χ2n) is 2.51. The fourth-order valence-corrected chi connectivity index (χ4v) is 1.08. The summed E-state index contributed by atoms with van der Waals surface area (Å²) in [6.07, 6.45) is -1.56. The fourth-order valence-electron chi connectivity index (χ4n) is 1.08. The SMILES string of the molecule is COc1cc[n+]([O-])c(C)c1C(F)F. The molecule has 0 aliphatic rings. The maximum Gasteiger partial charge on any atom is 0.273 e. The molecule has 1 aromatic rings. The molecule has 0 amide bonds. The van der Waals surface area contributed by atoms with E-state index in [0.29, 0.717) is 4.73 Å². The van der Waals surface area contributed by atoms with Gasteiger partial charge in [-0.3, -0.25) is 0 Å². The number of aromatic nitrogens is 1. The molecule has 1 heterocycles. The number of rotatable bonds is 2. The minimum atomic E-state index is -2.70. The summed E-state index contributed by atoms with van der Waals surface area (Å²) < 4.78 is 29.9. The zero-order valence-electron chi connectivity index (χ0n) is 7.25. The highest BCUT2D eigenvalue weighted by Crippen LogP contribution is 2.29. The Morgan fingerprint density at radius 3 is 2.62 bits per heavy atom. The van der Waals surface area contributed by atoms with Gasteiger partial charge in [-0.25, -0.2) is 8.78 Å². The lowest BCUT2D eigenvalue weighted by atomic mass is 10.2. The molecule has 0 aromatic carbocycles. The van der Waals surface area contributed by atoms with Gasteiger partial charge in [-0.15, -0.1) is 0 Å². The molecule has 0 atom stereocenters. The Bertz CT molecular complexity index is 315. The van der Waals surface area contributed by atoms with Crippen molar-refractivity contribution in [3.05, 3.63) is 28.7 Å². The van der Waals surface area contributed by atoms with Crippen molar-refractivity contribution in [2.45, 2.75) is 13.3 Å². The third-order valence-electron chi connectivity index (χ3n) is 1.79. The molecular formula is C8H9F2NO2. The van der Waals surface area contributed by atoms with E-state index in [1.165, 1.54) is 20.1 Å². The van der Waals surface area contributed by atoms with E-state index >= 15 is 0 Å². The van der Waals surface area contributed by atoms with Crippen molar-refractivity contribution >= 4 is 0 Å². The largest absolute Gasteiger partial charge is 0.618 e. The number of nitrogens with zero attached hydrogens (tertiary/aromatic N) is 1. The minimum Gasteiger partial charge on any atom is -0.618 e. The zero-order valence-corrected chi connectivity index (χ0v) is 7.25. The fraction of sp³-hybridized carbons (Fsp3) is 0.375. The lowest BCUT2D eigenvalue weighted by Gasteiger charge is -2.09. The molecule has 1 rings (SSSR count). The zero-order chi connectivity index (χ0) is 10.0. The number of hydrogen-bond donors (Lipinski definition) is 0. The van der Waals surface area contributed by atoms with Crippen LogP contribution in [-0.2, 0) is 0 Å². The summed E-state index contributed by atoms with van der Waals surface area (Å²) in [4.78, 5) is 0. The molecule has 0 spiro atoms. The van der Waals surface area contributed by atoms with E-state index in [0.717, 1.165) is 6.20 Å². The molecule has 0 saturated carbocycles. The molecule has 5 heteroatoms. The van der Waals surface area contributed by atoms with Crippen molar-refractivity contribution in [2.24, 2.45) is 0 Å². The lowest BCUT2D eigenvalue weighted by Crippen LogP contribution is -2.31. The van der Waals surface area contributed by atoms with Crippen LogP contribution >= 0.6 is 0 Å². The first kappa shape index (κ1) is 9.70. The molecule has 0 bridgehead atoms. The van der Waals surface area contributed by atoms with Crippen molar-refractivity contribution in [3.8, 4) is 5.75 Å². The first-order valence-electron chi connectivity index (χ1n) is 3.62. The van der Waals surface area contributed by atoms with Crippen LogP contribution in [0.4, 0.5) is 8.78 Å². The van der Waals surface area contributed by atoms with Crippen LogP contribution in [0.5, 0.6) is 5.75 Å². The second-order valence-corrected chi connectivity index (χ2v) is 2.51. The van der Waals surface area contributed by atoms with Crippen LogP contribution in [0, 0.1) is 12.1 Å². The van der Waals surface area contributed by atoms with Gasteiger partial charge in [0, 0.05) is 13.0 Å². The highest BCUT2D eigenvalue weighted by atomic mass is 19.3. The van der Waals surface area contributed by atoms with Gasteiger partial charge in [0.05, 0.1) is 7.11 Å². The van der Waals surface area contributed by atoms with Gasteiger partial charge in [0.25, 0.3) is 6.43 Å². The van der Waals surface area contributed by atoms with Crippen LogP contribution in [0.25, 0.3) is 0 Å². The Morgan fingerprint density at radius 1 is 1.54 bits per heavy atom. The normalized spacial score (nSPS) is 10.5.